The number of nitrogens with one attached hydrogen (secondary N) is 1. The molecule has 3 aromatic rings. The number of nitrogens with zero attached hydrogens (tertiary/aromatic N) is 1. The number of fused-ring (bicyclic) bond motifs is 1. The third-order valence-electron chi connectivity index (χ3n) is 6.85. The van der Waals surface area contributed by atoms with Crippen molar-refractivity contribution in [1.82, 2.24) is 9.97 Å². The van der Waals surface area contributed by atoms with E-state index < -0.39 is 65.2 Å². The molecule has 3 heterocycles. The molecular formula is C24H23F5N2O5. The van der Waals surface area contributed by atoms with Gasteiger partial charge < -0.3 is 24.7 Å². The Bertz CT molecular complexity index is 1360. The molecule has 7 nitrogen and oxygen atoms in total. The number of hydrogen-bond donors (Lipinski definition) is 3. The fourth-order valence-corrected chi connectivity index (χ4v) is 4.68. The number of pyridine rings is 2. The van der Waals surface area contributed by atoms with Crippen LogP contribution in [0, 0.1) is 17.6 Å². The highest BCUT2D eigenvalue weighted by molar-refractivity contribution is 5.74. The molecule has 4 rings (SSSR count). The highest BCUT2D eigenvalue weighted by Gasteiger charge is 2.65. The van der Waals surface area contributed by atoms with Crippen LogP contribution >= 0.6 is 0 Å². The first-order valence-corrected chi connectivity index (χ1v) is 10.9. The van der Waals surface area contributed by atoms with Crippen molar-refractivity contribution in [2.24, 2.45) is 5.92 Å². The Labute approximate surface area is 201 Å². The number of ether oxygens (including phenoxy) is 2. The van der Waals surface area contributed by atoms with E-state index in [1.165, 1.54) is 19.1 Å². The van der Waals surface area contributed by atoms with Crippen LogP contribution in [-0.4, -0.2) is 45.7 Å². The van der Waals surface area contributed by atoms with Gasteiger partial charge in [-0.3, -0.25) is 4.79 Å². The Kier molecular flexibility index (Phi) is 6.56. The molecule has 0 saturated carbocycles. The van der Waals surface area contributed by atoms with Crippen molar-refractivity contribution in [3.05, 3.63) is 69.1 Å². The molecule has 0 bridgehead atoms. The molecule has 3 N–H and O–H groups in total. The molecule has 12 heteroatoms. The van der Waals surface area contributed by atoms with Crippen LogP contribution in [0.4, 0.5) is 22.0 Å². The zero-order valence-corrected chi connectivity index (χ0v) is 19.4. The van der Waals surface area contributed by atoms with Gasteiger partial charge >= 0.3 is 6.18 Å². The van der Waals surface area contributed by atoms with Crippen molar-refractivity contribution in [2.45, 2.75) is 43.8 Å². The number of halogens is 5. The summed E-state index contributed by atoms with van der Waals surface area (Å²) in [6.07, 6.45) is -7.59. The molecule has 0 amide bonds. The number of alkyl halides is 3. The minimum atomic E-state index is -4.83. The third kappa shape index (κ3) is 4.02. The van der Waals surface area contributed by atoms with Crippen molar-refractivity contribution in [1.29, 1.82) is 0 Å². The highest BCUT2D eigenvalue weighted by atomic mass is 19.4. The zero-order chi connectivity index (χ0) is 26.6. The lowest BCUT2D eigenvalue weighted by molar-refractivity contribution is -0.275. The number of aromatic amines is 1. The lowest BCUT2D eigenvalue weighted by Gasteiger charge is -2.32. The number of H-pyrrole nitrogens is 1. The Morgan fingerprint density at radius 1 is 1.25 bits per heavy atom. The van der Waals surface area contributed by atoms with Gasteiger partial charge in [0.25, 0.3) is 0 Å². The molecule has 1 saturated heterocycles. The number of hydrogen-bond acceptors (Lipinski definition) is 6. The number of aromatic nitrogens is 2. The van der Waals surface area contributed by atoms with Gasteiger partial charge in [-0.15, -0.1) is 0 Å². The van der Waals surface area contributed by atoms with Gasteiger partial charge in [-0.05, 0) is 25.1 Å². The fourth-order valence-electron chi connectivity index (χ4n) is 4.68. The van der Waals surface area contributed by atoms with E-state index in [-0.39, 0.29) is 28.0 Å². The van der Waals surface area contributed by atoms with Crippen molar-refractivity contribution >= 4 is 11.0 Å². The van der Waals surface area contributed by atoms with E-state index in [9.17, 15) is 31.9 Å². The summed E-state index contributed by atoms with van der Waals surface area (Å²) >= 11 is 0. The monoisotopic (exact) mass is 514 g/mol. The fraction of sp³-hybridized carbons (Fsp3) is 0.417. The molecule has 1 aromatic carbocycles. The van der Waals surface area contributed by atoms with Crippen LogP contribution in [0.25, 0.3) is 11.0 Å². The molecule has 0 radical (unpaired) electrons. The van der Waals surface area contributed by atoms with E-state index in [4.69, 9.17) is 14.6 Å². The normalized spacial score (nSPS) is 25.3. The summed E-state index contributed by atoms with van der Waals surface area (Å²) in [6.45, 7) is 1.51. The zero-order valence-electron chi connectivity index (χ0n) is 19.4. The molecular weight excluding hydrogens is 491 g/mol. The van der Waals surface area contributed by atoms with Gasteiger partial charge in [0.15, 0.2) is 17.2 Å². The SMILES string of the molecule is COc1c([C@H]2[C@H](c3cc(=O)c4nc(C(O)CO)ccc4[nH]3)O[C@@](C)(C(F)(F)F)[C@H]2C)ccc(F)c1F. The van der Waals surface area contributed by atoms with Gasteiger partial charge in [0.2, 0.25) is 11.2 Å². The lowest BCUT2D eigenvalue weighted by atomic mass is 9.76. The van der Waals surface area contributed by atoms with Crippen molar-refractivity contribution in [3.8, 4) is 5.75 Å². The first-order valence-electron chi connectivity index (χ1n) is 10.9. The van der Waals surface area contributed by atoms with Crippen LogP contribution < -0.4 is 10.2 Å². The topological polar surface area (TPSA) is 105 Å². The molecule has 36 heavy (non-hydrogen) atoms. The smallest absolute Gasteiger partial charge is 0.417 e. The van der Waals surface area contributed by atoms with Crippen molar-refractivity contribution < 1.29 is 41.6 Å². The van der Waals surface area contributed by atoms with Crippen LogP contribution in [0.15, 0.2) is 35.1 Å². The van der Waals surface area contributed by atoms with Crippen molar-refractivity contribution in [3.63, 3.8) is 0 Å². The summed E-state index contributed by atoms with van der Waals surface area (Å²) in [5, 5.41) is 18.9. The Morgan fingerprint density at radius 3 is 2.56 bits per heavy atom. The van der Waals surface area contributed by atoms with Crippen LogP contribution in [0.1, 0.15) is 48.9 Å². The number of benzene rings is 1. The first-order chi connectivity index (χ1) is 16.8. The van der Waals surface area contributed by atoms with Gasteiger partial charge in [-0.25, -0.2) is 9.37 Å². The Hall–Kier alpha value is -3.09. The summed E-state index contributed by atoms with van der Waals surface area (Å²) in [4.78, 5) is 19.8. The highest BCUT2D eigenvalue weighted by Crippen LogP contribution is 2.59. The van der Waals surface area contributed by atoms with E-state index in [1.54, 1.807) is 0 Å². The van der Waals surface area contributed by atoms with Crippen LogP contribution in [0.2, 0.25) is 0 Å². The van der Waals surface area contributed by atoms with E-state index in [0.29, 0.717) is 0 Å². The Balaban J connectivity index is 1.92. The maximum absolute atomic E-state index is 14.5. The minimum absolute atomic E-state index is 0.0306. The summed E-state index contributed by atoms with van der Waals surface area (Å²) < 4.78 is 81.5. The molecule has 5 atom stereocenters. The largest absolute Gasteiger partial charge is 0.493 e. The van der Waals surface area contributed by atoms with Crippen LogP contribution in [-0.2, 0) is 4.74 Å². The second-order valence-corrected chi connectivity index (χ2v) is 8.86. The van der Waals surface area contributed by atoms with Gasteiger partial charge in [-0.1, -0.05) is 13.0 Å². The van der Waals surface area contributed by atoms with Gasteiger partial charge in [-0.2, -0.15) is 17.6 Å². The maximum Gasteiger partial charge on any atom is 0.417 e. The van der Waals surface area contributed by atoms with Gasteiger partial charge in [0, 0.05) is 29.2 Å². The summed E-state index contributed by atoms with van der Waals surface area (Å²) in [5.41, 5.74) is -3.42. The van der Waals surface area contributed by atoms with Crippen molar-refractivity contribution in [2.75, 3.05) is 13.7 Å². The van der Waals surface area contributed by atoms with Crippen LogP contribution in [0.3, 0.4) is 0 Å². The molecule has 2 aromatic heterocycles. The predicted molar refractivity (Wildman–Crippen MR) is 118 cm³/mol. The number of aliphatic hydroxyl groups is 2. The van der Waals surface area contributed by atoms with E-state index in [0.717, 1.165) is 32.2 Å². The average Bonchev–Trinajstić information content (AvgIpc) is 3.11. The van der Waals surface area contributed by atoms with Gasteiger partial charge in [0.1, 0.15) is 17.7 Å². The lowest BCUT2D eigenvalue weighted by Crippen LogP contribution is -2.46. The predicted octanol–water partition coefficient (Wildman–Crippen LogP) is 4.05. The minimum Gasteiger partial charge on any atom is -0.493 e. The number of methoxy groups -OCH3 is 1. The summed E-state index contributed by atoms with van der Waals surface area (Å²) in [6, 6.07) is 5.68. The maximum atomic E-state index is 14.5. The molecule has 0 aliphatic carbocycles. The number of aliphatic hydroxyl groups excluding tert-OH is 2. The first kappa shape index (κ1) is 26.0. The molecule has 1 aliphatic heterocycles. The second-order valence-electron chi connectivity index (χ2n) is 8.86. The van der Waals surface area contributed by atoms with E-state index in [1.807, 2.05) is 0 Å². The molecule has 1 unspecified atom stereocenters. The molecule has 0 spiro atoms. The molecule has 1 fully saturated rings. The van der Waals surface area contributed by atoms with E-state index >= 15 is 0 Å². The van der Waals surface area contributed by atoms with E-state index in [2.05, 4.69) is 9.97 Å². The Morgan fingerprint density at radius 2 is 1.94 bits per heavy atom. The third-order valence-corrected chi connectivity index (χ3v) is 6.85. The quantitative estimate of drug-likeness (QED) is 0.444. The van der Waals surface area contributed by atoms with Gasteiger partial charge in [0.05, 0.1) is 24.9 Å². The molecule has 194 valence electrons. The summed E-state index contributed by atoms with van der Waals surface area (Å²) in [7, 11) is 1.07. The standard InChI is InChI=1S/C24H23F5N2O5/c1-10-18(11-4-5-12(25)19(26)21(11)35-3)22(36-23(10,2)24(27,28)29)15-8-16(33)20-14(30-15)7-6-13(31-20)17(34)9-32/h4-8,10,17-18,22,32,34H,9H2,1-3H3,(H,30,33)/t10-,17?,18-,22-,23+/m0/s1. The summed E-state index contributed by atoms with van der Waals surface area (Å²) in [5.74, 6) is -5.64. The van der Waals surface area contributed by atoms with Crippen LogP contribution in [0.5, 0.6) is 5.75 Å². The second kappa shape index (κ2) is 9.09. The average molecular weight is 514 g/mol. The molecule has 1 aliphatic rings. The number of rotatable bonds is 5.